The van der Waals surface area contributed by atoms with Crippen LogP contribution in [-0.2, 0) is 0 Å². The van der Waals surface area contributed by atoms with Crippen LogP contribution in [0.5, 0.6) is 0 Å². The van der Waals surface area contributed by atoms with Crippen LogP contribution in [-0.4, -0.2) is 9.73 Å². The molecule has 0 bridgehead atoms. The van der Waals surface area contributed by atoms with Crippen molar-refractivity contribution < 1.29 is 0 Å². The van der Waals surface area contributed by atoms with E-state index in [1.165, 1.54) is 0 Å². The highest BCUT2D eigenvalue weighted by Gasteiger charge is 1.80. The number of aromatic nitrogens is 2. The Morgan fingerprint density at radius 3 is 2.29 bits per heavy atom. The van der Waals surface area contributed by atoms with E-state index in [1.807, 2.05) is 4.98 Å². The van der Waals surface area contributed by atoms with Crippen LogP contribution in [0, 0.1) is 0 Å². The lowest BCUT2D eigenvalue weighted by Crippen LogP contribution is -2.06. The zero-order valence-corrected chi connectivity index (χ0v) is 4.32. The molecule has 5 heteroatoms. The van der Waals surface area contributed by atoms with Gasteiger partial charge in [0.25, 0.3) is 5.29 Å². The molecule has 1 rings (SSSR count). The molecular formula is C2H3N2O2P. The molecule has 1 atom stereocenters. The van der Waals surface area contributed by atoms with E-state index in [0.717, 1.165) is 0 Å². The molecular weight excluding hydrogens is 115 g/mol. The average molecular weight is 118 g/mol. The normalized spacial score (nSPS) is 10.3. The zero-order valence-electron chi connectivity index (χ0n) is 3.32. The highest BCUT2D eigenvalue weighted by Crippen LogP contribution is 1.70. The second-order valence-electron chi connectivity index (χ2n) is 1.03. The van der Waals surface area contributed by atoms with Crippen molar-refractivity contribution in [2.75, 3.05) is 0 Å². The fourth-order valence-electron chi connectivity index (χ4n) is 0.279. The Bertz CT molecular complexity index is 218. The average Bonchev–Trinajstić information content (AvgIpc) is 1.87. The molecule has 38 valence electrons. The van der Waals surface area contributed by atoms with Crippen LogP contribution in [0.3, 0.4) is 0 Å². The lowest BCUT2D eigenvalue weighted by molar-refractivity contribution is 1.18. The van der Waals surface area contributed by atoms with Gasteiger partial charge in [-0.15, -0.1) is 0 Å². The molecule has 0 spiro atoms. The quantitative estimate of drug-likeness (QED) is 0.463. The largest absolute Gasteiger partial charge is 0.328 e. The molecule has 1 aromatic heterocycles. The van der Waals surface area contributed by atoms with E-state index in [1.54, 1.807) is 0 Å². The summed E-state index contributed by atoms with van der Waals surface area (Å²) >= 11 is 0. The molecule has 0 saturated carbocycles. The molecule has 0 aliphatic heterocycles. The van der Waals surface area contributed by atoms with Crippen molar-refractivity contribution in [3.05, 3.63) is 20.6 Å². The zero-order chi connectivity index (χ0) is 5.28. The maximum atomic E-state index is 10.1. The Kier molecular flexibility index (Phi) is 0.872. The molecule has 0 amide bonds. The number of H-pyrrole nitrogens is 2. The van der Waals surface area contributed by atoms with Gasteiger partial charge in [0.15, 0.2) is 0 Å². The van der Waals surface area contributed by atoms with E-state index in [-0.39, 0.29) is 19.3 Å². The summed E-state index contributed by atoms with van der Waals surface area (Å²) in [6, 6.07) is 0. The fraction of sp³-hybridized carbons (Fsp3) is 0. The number of rotatable bonds is 0. The van der Waals surface area contributed by atoms with E-state index in [0.29, 0.717) is 0 Å². The van der Waals surface area contributed by atoms with E-state index in [9.17, 15) is 9.59 Å². The summed E-state index contributed by atoms with van der Waals surface area (Å²) in [7, 11) is -0.0868. The summed E-state index contributed by atoms with van der Waals surface area (Å²) < 4.78 is 2.30. The third kappa shape index (κ3) is 0.810. The predicted octanol–water partition coefficient (Wildman–Crippen LogP) is -0.906. The van der Waals surface area contributed by atoms with Crippen LogP contribution < -0.4 is 11.0 Å². The highest BCUT2D eigenvalue weighted by molar-refractivity contribution is 7.23. The van der Waals surface area contributed by atoms with E-state index >= 15 is 0 Å². The van der Waals surface area contributed by atoms with Crippen LogP contribution in [0.1, 0.15) is 0 Å². The molecule has 2 N–H and O–H groups in total. The summed E-state index contributed by atoms with van der Waals surface area (Å²) in [6.07, 6.45) is 0. The smallest absolute Gasteiger partial charge is 0.295 e. The monoisotopic (exact) mass is 118 g/mol. The Morgan fingerprint density at radius 2 is 2.14 bits per heavy atom. The van der Waals surface area contributed by atoms with Gasteiger partial charge in [-0.3, -0.25) is 14.5 Å². The standard InChI is InChI=1S/C2H3N2O2P/c5-1-3-2(6)7-4-1/h7H,(H2,3,4,5,6). The molecule has 0 saturated heterocycles. The van der Waals surface area contributed by atoms with E-state index in [4.69, 9.17) is 0 Å². The topological polar surface area (TPSA) is 65.7 Å². The first-order valence-corrected chi connectivity index (χ1v) is 2.66. The van der Waals surface area contributed by atoms with Crippen LogP contribution >= 0.6 is 8.35 Å². The van der Waals surface area contributed by atoms with E-state index in [2.05, 4.69) is 4.75 Å². The number of hydrogen-bond acceptors (Lipinski definition) is 2. The maximum absolute atomic E-state index is 10.1. The minimum absolute atomic E-state index is 0.0868. The summed E-state index contributed by atoms with van der Waals surface area (Å²) in [5.41, 5.74) is -0.386. The van der Waals surface area contributed by atoms with Crippen molar-refractivity contribution in [1.82, 2.24) is 9.73 Å². The molecule has 0 aromatic carbocycles. The van der Waals surface area contributed by atoms with Gasteiger partial charge in [-0.25, -0.2) is 4.79 Å². The van der Waals surface area contributed by atoms with Crippen molar-refractivity contribution in [3.63, 3.8) is 0 Å². The molecule has 7 heavy (non-hydrogen) atoms. The second-order valence-corrected chi connectivity index (χ2v) is 1.99. The number of hydrogen-bond donors (Lipinski definition) is 2. The second kappa shape index (κ2) is 1.39. The van der Waals surface area contributed by atoms with Crippen molar-refractivity contribution in [2.45, 2.75) is 0 Å². The van der Waals surface area contributed by atoms with Crippen LogP contribution in [0.2, 0.25) is 0 Å². The Balaban J connectivity index is 3.59. The Hall–Kier alpha value is -0.760. The molecule has 4 nitrogen and oxygen atoms in total. The van der Waals surface area contributed by atoms with Gasteiger partial charge in [0, 0.05) is 8.35 Å². The Morgan fingerprint density at radius 1 is 1.43 bits per heavy atom. The van der Waals surface area contributed by atoms with Gasteiger partial charge in [0.2, 0.25) is 0 Å². The van der Waals surface area contributed by atoms with Crippen molar-refractivity contribution >= 4 is 8.35 Å². The maximum Gasteiger partial charge on any atom is 0.328 e. The highest BCUT2D eigenvalue weighted by atomic mass is 31.0. The lowest BCUT2D eigenvalue weighted by atomic mass is 11.3. The fourth-order valence-corrected chi connectivity index (χ4v) is 0.745. The van der Waals surface area contributed by atoms with Gasteiger partial charge in [-0.2, -0.15) is 0 Å². The molecule has 0 aliphatic rings. The molecule has 0 aliphatic carbocycles. The minimum atomic E-state index is -0.386. The molecule has 1 unspecified atom stereocenters. The van der Waals surface area contributed by atoms with Crippen LogP contribution in [0.15, 0.2) is 9.59 Å². The van der Waals surface area contributed by atoms with Crippen LogP contribution in [0.4, 0.5) is 0 Å². The first-order chi connectivity index (χ1) is 3.29. The van der Waals surface area contributed by atoms with Gasteiger partial charge in [0.05, 0.1) is 0 Å². The van der Waals surface area contributed by atoms with E-state index < -0.39 is 0 Å². The predicted molar refractivity (Wildman–Crippen MR) is 27.2 cm³/mol. The first kappa shape index (κ1) is 4.40. The lowest BCUT2D eigenvalue weighted by Gasteiger charge is -1.51. The van der Waals surface area contributed by atoms with Gasteiger partial charge in [-0.1, -0.05) is 0 Å². The third-order valence-corrected chi connectivity index (χ3v) is 1.22. The Labute approximate surface area is 39.7 Å². The molecule has 0 radical (unpaired) electrons. The first-order valence-electron chi connectivity index (χ1n) is 1.66. The molecule has 0 fully saturated rings. The van der Waals surface area contributed by atoms with Crippen molar-refractivity contribution in [1.29, 1.82) is 0 Å². The summed E-state index contributed by atoms with van der Waals surface area (Å²) in [6.45, 7) is 0. The third-order valence-electron chi connectivity index (χ3n) is 0.517. The van der Waals surface area contributed by atoms with Gasteiger partial charge >= 0.3 is 5.69 Å². The SMILES string of the molecule is O=c1[nH][pH]c(=O)[nH]1. The van der Waals surface area contributed by atoms with Gasteiger partial charge < -0.3 is 0 Å². The molecule has 1 aromatic rings. The molecule has 1 heterocycles. The summed E-state index contributed by atoms with van der Waals surface area (Å²) in [5, 5.41) is -0.231. The van der Waals surface area contributed by atoms with Gasteiger partial charge in [0.1, 0.15) is 0 Å². The van der Waals surface area contributed by atoms with Crippen molar-refractivity contribution in [2.24, 2.45) is 0 Å². The van der Waals surface area contributed by atoms with Crippen LogP contribution in [0.25, 0.3) is 0 Å². The summed E-state index contributed by atoms with van der Waals surface area (Å²) in [4.78, 5) is 22.1. The number of nitrogens with one attached hydrogen (secondary N) is 2. The van der Waals surface area contributed by atoms with Crippen molar-refractivity contribution in [3.8, 4) is 0 Å². The number of aromatic amines is 2. The van der Waals surface area contributed by atoms with Gasteiger partial charge in [-0.05, 0) is 0 Å². The minimum Gasteiger partial charge on any atom is -0.295 e. The summed E-state index contributed by atoms with van der Waals surface area (Å²) in [5.74, 6) is 0.